The first-order chi connectivity index (χ1) is 12.0. The van der Waals surface area contributed by atoms with Gasteiger partial charge in [0.2, 0.25) is 0 Å². The molecule has 0 saturated carbocycles. The van der Waals surface area contributed by atoms with Crippen molar-refractivity contribution in [3.63, 3.8) is 0 Å². The van der Waals surface area contributed by atoms with Crippen molar-refractivity contribution in [2.24, 2.45) is 0 Å². The van der Waals surface area contributed by atoms with Crippen molar-refractivity contribution >= 4 is 16.2 Å². The third-order valence-corrected chi connectivity index (χ3v) is 5.71. The van der Waals surface area contributed by atoms with Crippen LogP contribution in [0.25, 0.3) is 0 Å². The van der Waals surface area contributed by atoms with Crippen LogP contribution in [-0.4, -0.2) is 43.7 Å². The number of rotatable bonds is 4. The molecule has 146 valence electrons. The van der Waals surface area contributed by atoms with E-state index in [0.717, 1.165) is 5.56 Å². The number of ether oxygens (including phenoxy) is 1. The Morgan fingerprint density at radius 1 is 1.23 bits per heavy atom. The highest BCUT2D eigenvalue weighted by Crippen LogP contribution is 2.27. The summed E-state index contributed by atoms with van der Waals surface area (Å²) in [7, 11) is -3.81. The van der Waals surface area contributed by atoms with Crippen molar-refractivity contribution in [1.29, 1.82) is 0 Å². The molecule has 0 N–H and O–H groups in total. The van der Waals surface area contributed by atoms with Gasteiger partial charge in [-0.2, -0.15) is 8.42 Å². The quantitative estimate of drug-likeness (QED) is 0.738. The fraction of sp³-hybridized carbons (Fsp3) is 0.632. The molecule has 26 heavy (non-hydrogen) atoms. The standard InChI is InChI=1S/C19H29NO5S/c1-6-15-13-16(11-12-20(15)18(21)24-19(3,4)5)25-26(22,23)17-9-7-14(2)8-10-17/h7-10,15-16H,6,11-13H2,1-5H3. The normalized spacial score (nSPS) is 21.5. The van der Waals surface area contributed by atoms with Crippen LogP contribution in [0.2, 0.25) is 0 Å². The Labute approximate surface area is 156 Å². The number of benzene rings is 1. The van der Waals surface area contributed by atoms with Crippen LogP contribution >= 0.6 is 0 Å². The van der Waals surface area contributed by atoms with Crippen LogP contribution in [0.5, 0.6) is 0 Å². The number of hydrogen-bond acceptors (Lipinski definition) is 5. The molecule has 0 bridgehead atoms. The molecule has 7 heteroatoms. The van der Waals surface area contributed by atoms with Crippen molar-refractivity contribution in [2.75, 3.05) is 6.54 Å². The van der Waals surface area contributed by atoms with E-state index in [1.807, 2.05) is 34.6 Å². The molecule has 1 saturated heterocycles. The Hall–Kier alpha value is -1.60. The van der Waals surface area contributed by atoms with E-state index in [1.54, 1.807) is 29.2 Å². The summed E-state index contributed by atoms with van der Waals surface area (Å²) < 4.78 is 35.9. The van der Waals surface area contributed by atoms with Gasteiger partial charge in [-0.05, 0) is 59.1 Å². The number of hydrogen-bond donors (Lipinski definition) is 0. The van der Waals surface area contributed by atoms with Gasteiger partial charge in [-0.1, -0.05) is 24.6 Å². The van der Waals surface area contributed by atoms with Gasteiger partial charge in [0.25, 0.3) is 10.1 Å². The van der Waals surface area contributed by atoms with E-state index in [-0.39, 0.29) is 17.0 Å². The van der Waals surface area contributed by atoms with Gasteiger partial charge >= 0.3 is 6.09 Å². The number of carbonyl (C=O) groups is 1. The van der Waals surface area contributed by atoms with Crippen molar-refractivity contribution in [1.82, 2.24) is 4.90 Å². The molecular weight excluding hydrogens is 354 g/mol. The molecule has 0 aliphatic carbocycles. The minimum absolute atomic E-state index is 0.100. The predicted molar refractivity (Wildman–Crippen MR) is 99.5 cm³/mol. The monoisotopic (exact) mass is 383 g/mol. The van der Waals surface area contributed by atoms with Gasteiger partial charge in [0.15, 0.2) is 0 Å². The zero-order valence-corrected chi connectivity index (χ0v) is 17.0. The molecule has 1 aliphatic heterocycles. The van der Waals surface area contributed by atoms with Gasteiger partial charge in [-0.25, -0.2) is 4.79 Å². The molecule has 2 unspecified atom stereocenters. The van der Waals surface area contributed by atoms with Crippen LogP contribution < -0.4 is 0 Å². The molecule has 1 amide bonds. The van der Waals surface area contributed by atoms with E-state index in [0.29, 0.717) is 25.8 Å². The second kappa shape index (κ2) is 7.96. The third kappa shape index (κ3) is 5.45. The lowest BCUT2D eigenvalue weighted by atomic mass is 9.98. The largest absolute Gasteiger partial charge is 0.444 e. The summed E-state index contributed by atoms with van der Waals surface area (Å²) in [5.41, 5.74) is 0.429. The Kier molecular flexibility index (Phi) is 6.34. The highest BCUT2D eigenvalue weighted by molar-refractivity contribution is 7.86. The highest BCUT2D eigenvalue weighted by atomic mass is 32.2. The van der Waals surface area contributed by atoms with Crippen molar-refractivity contribution in [3.8, 4) is 0 Å². The van der Waals surface area contributed by atoms with Gasteiger partial charge < -0.3 is 9.64 Å². The average Bonchev–Trinajstić information content (AvgIpc) is 2.53. The predicted octanol–water partition coefficient (Wildman–Crippen LogP) is 3.88. The van der Waals surface area contributed by atoms with Crippen LogP contribution in [0, 0.1) is 6.92 Å². The summed E-state index contributed by atoms with van der Waals surface area (Å²) in [6.45, 7) is 9.78. The van der Waals surface area contributed by atoms with E-state index in [1.165, 1.54) is 0 Å². The smallest absolute Gasteiger partial charge is 0.410 e. The lowest BCUT2D eigenvalue weighted by molar-refractivity contribution is -0.00374. The Morgan fingerprint density at radius 2 is 1.85 bits per heavy atom. The van der Waals surface area contributed by atoms with E-state index in [2.05, 4.69) is 0 Å². The maximum atomic E-state index is 12.5. The van der Waals surface area contributed by atoms with Crippen molar-refractivity contribution in [2.45, 2.75) is 76.5 Å². The Balaban J connectivity index is 2.04. The summed E-state index contributed by atoms with van der Waals surface area (Å²) >= 11 is 0. The summed E-state index contributed by atoms with van der Waals surface area (Å²) in [6, 6.07) is 6.50. The molecule has 6 nitrogen and oxygen atoms in total. The number of nitrogens with zero attached hydrogens (tertiary/aromatic N) is 1. The molecule has 1 heterocycles. The van der Waals surface area contributed by atoms with Gasteiger partial charge in [0.1, 0.15) is 5.60 Å². The topological polar surface area (TPSA) is 72.9 Å². The van der Waals surface area contributed by atoms with Crippen molar-refractivity contribution in [3.05, 3.63) is 29.8 Å². The summed E-state index contributed by atoms with van der Waals surface area (Å²) in [5.74, 6) is 0. The summed E-state index contributed by atoms with van der Waals surface area (Å²) in [5, 5.41) is 0. The lowest BCUT2D eigenvalue weighted by Gasteiger charge is -2.39. The van der Waals surface area contributed by atoms with Gasteiger partial charge in [-0.15, -0.1) is 0 Å². The number of aryl methyl sites for hydroxylation is 1. The second-order valence-electron chi connectivity index (χ2n) is 7.75. The summed E-state index contributed by atoms with van der Waals surface area (Å²) in [4.78, 5) is 14.2. The Bertz CT molecular complexity index is 721. The minimum Gasteiger partial charge on any atom is -0.444 e. The van der Waals surface area contributed by atoms with Crippen LogP contribution in [0.15, 0.2) is 29.2 Å². The van der Waals surface area contributed by atoms with E-state index in [4.69, 9.17) is 8.92 Å². The molecule has 1 aliphatic rings. The SMILES string of the molecule is CCC1CC(OS(=O)(=O)c2ccc(C)cc2)CCN1C(=O)OC(C)(C)C. The maximum absolute atomic E-state index is 12.5. The maximum Gasteiger partial charge on any atom is 0.410 e. The van der Waals surface area contributed by atoms with E-state index in [9.17, 15) is 13.2 Å². The number of amides is 1. The fourth-order valence-corrected chi connectivity index (χ4v) is 4.10. The van der Waals surface area contributed by atoms with Gasteiger partial charge in [0, 0.05) is 12.6 Å². The number of likely N-dealkylation sites (tertiary alicyclic amines) is 1. The molecule has 0 spiro atoms. The zero-order valence-electron chi connectivity index (χ0n) is 16.2. The molecule has 1 fully saturated rings. The molecule has 0 aromatic heterocycles. The Morgan fingerprint density at radius 3 is 2.38 bits per heavy atom. The number of piperidine rings is 1. The van der Waals surface area contributed by atoms with Crippen LogP contribution in [-0.2, 0) is 19.0 Å². The molecule has 0 radical (unpaired) electrons. The van der Waals surface area contributed by atoms with E-state index >= 15 is 0 Å². The molecule has 1 aromatic rings. The first-order valence-electron chi connectivity index (χ1n) is 9.01. The summed E-state index contributed by atoms with van der Waals surface area (Å²) in [6.07, 6.45) is 0.847. The van der Waals surface area contributed by atoms with E-state index < -0.39 is 21.8 Å². The molecule has 1 aromatic carbocycles. The number of carbonyl (C=O) groups excluding carboxylic acids is 1. The van der Waals surface area contributed by atoms with Gasteiger partial charge in [-0.3, -0.25) is 4.18 Å². The van der Waals surface area contributed by atoms with Gasteiger partial charge in [0.05, 0.1) is 11.0 Å². The van der Waals surface area contributed by atoms with Crippen LogP contribution in [0.3, 0.4) is 0 Å². The zero-order chi connectivity index (χ0) is 19.5. The molecular formula is C19H29NO5S. The third-order valence-electron chi connectivity index (χ3n) is 4.34. The first kappa shape index (κ1) is 20.7. The molecule has 2 rings (SSSR count). The highest BCUT2D eigenvalue weighted by Gasteiger charge is 2.35. The minimum atomic E-state index is -3.81. The molecule has 2 atom stereocenters. The van der Waals surface area contributed by atoms with Crippen molar-refractivity contribution < 1.29 is 22.1 Å². The van der Waals surface area contributed by atoms with Crippen LogP contribution in [0.4, 0.5) is 4.79 Å². The average molecular weight is 384 g/mol. The van der Waals surface area contributed by atoms with Crippen LogP contribution in [0.1, 0.15) is 52.5 Å². The lowest BCUT2D eigenvalue weighted by Crippen LogP contribution is -2.49. The fourth-order valence-electron chi connectivity index (χ4n) is 2.99. The second-order valence-corrected chi connectivity index (χ2v) is 9.32. The first-order valence-corrected chi connectivity index (χ1v) is 10.4.